The number of fused-ring (bicyclic) bond motifs is 1. The summed E-state index contributed by atoms with van der Waals surface area (Å²) in [5, 5.41) is 1.36. The molecule has 2 aromatic rings. The lowest BCUT2D eigenvalue weighted by atomic mass is 9.84. The van der Waals surface area contributed by atoms with Gasteiger partial charge in [-0.05, 0) is 42.9 Å². The summed E-state index contributed by atoms with van der Waals surface area (Å²) in [6.07, 6.45) is 4.45. The van der Waals surface area contributed by atoms with E-state index in [0.717, 1.165) is 13.0 Å². The molecule has 1 heterocycles. The van der Waals surface area contributed by atoms with E-state index in [1.165, 1.54) is 22.9 Å². The molecule has 0 radical (unpaired) electrons. The van der Waals surface area contributed by atoms with Gasteiger partial charge in [0.25, 0.3) is 0 Å². The number of nitrogens with one attached hydrogen (secondary N) is 1. The fraction of sp³-hybridized carbons (Fsp3) is 0.467. The molecular weight excluding hydrogens is 208 g/mol. The van der Waals surface area contributed by atoms with Gasteiger partial charge in [-0.1, -0.05) is 32.0 Å². The van der Waals surface area contributed by atoms with E-state index in [1.54, 1.807) is 0 Å². The Morgan fingerprint density at radius 2 is 2.00 bits per heavy atom. The summed E-state index contributed by atoms with van der Waals surface area (Å²) in [5.41, 5.74) is 8.32. The van der Waals surface area contributed by atoms with E-state index in [1.807, 2.05) is 0 Å². The van der Waals surface area contributed by atoms with Crippen LogP contribution in [-0.4, -0.2) is 11.5 Å². The third-order valence-electron chi connectivity index (χ3n) is 3.54. The second-order valence-corrected chi connectivity index (χ2v) is 5.07. The van der Waals surface area contributed by atoms with Crippen LogP contribution in [-0.2, 0) is 0 Å². The van der Waals surface area contributed by atoms with Crippen molar-refractivity contribution >= 4 is 10.9 Å². The minimum Gasteiger partial charge on any atom is -0.361 e. The van der Waals surface area contributed by atoms with E-state index in [9.17, 15) is 0 Å². The largest absolute Gasteiger partial charge is 0.361 e. The van der Waals surface area contributed by atoms with Crippen LogP contribution in [0.2, 0.25) is 0 Å². The first-order valence-corrected chi connectivity index (χ1v) is 6.50. The average Bonchev–Trinajstić information content (AvgIpc) is 2.73. The molecule has 2 nitrogen and oxygen atoms in total. The first-order valence-electron chi connectivity index (χ1n) is 6.50. The van der Waals surface area contributed by atoms with Gasteiger partial charge in [0.05, 0.1) is 0 Å². The maximum Gasteiger partial charge on any atom is 0.0456 e. The van der Waals surface area contributed by atoms with Crippen LogP contribution in [0, 0.1) is 5.92 Å². The molecular formula is C15H22N2. The highest BCUT2D eigenvalue weighted by molar-refractivity contribution is 5.83. The SMILES string of the molecule is CC(C)C(CCCN)c1c[nH]c2ccccc12. The lowest BCUT2D eigenvalue weighted by molar-refractivity contribution is 0.460. The van der Waals surface area contributed by atoms with Crippen LogP contribution >= 0.6 is 0 Å². The molecule has 0 saturated heterocycles. The Hall–Kier alpha value is -1.28. The lowest BCUT2D eigenvalue weighted by Gasteiger charge is -2.20. The fourth-order valence-electron chi connectivity index (χ4n) is 2.59. The van der Waals surface area contributed by atoms with Gasteiger partial charge in [0.15, 0.2) is 0 Å². The van der Waals surface area contributed by atoms with Crippen LogP contribution in [0.25, 0.3) is 10.9 Å². The summed E-state index contributed by atoms with van der Waals surface area (Å²) < 4.78 is 0. The van der Waals surface area contributed by atoms with Crippen LogP contribution in [0.1, 0.15) is 38.2 Å². The number of benzene rings is 1. The van der Waals surface area contributed by atoms with Crippen LogP contribution in [0.5, 0.6) is 0 Å². The normalized spacial score (nSPS) is 13.4. The maximum absolute atomic E-state index is 5.64. The van der Waals surface area contributed by atoms with E-state index in [4.69, 9.17) is 5.73 Å². The standard InChI is InChI=1S/C15H22N2/c1-11(2)12(7-5-9-16)14-10-17-15-8-4-3-6-13(14)15/h3-4,6,8,10-12,17H,5,7,9,16H2,1-2H3. The van der Waals surface area contributed by atoms with Gasteiger partial charge in [0.1, 0.15) is 0 Å². The van der Waals surface area contributed by atoms with Gasteiger partial charge in [-0.3, -0.25) is 0 Å². The number of aromatic nitrogens is 1. The molecule has 0 bridgehead atoms. The number of nitrogens with two attached hydrogens (primary N) is 1. The summed E-state index contributed by atoms with van der Waals surface area (Å²) in [7, 11) is 0. The van der Waals surface area contributed by atoms with Gasteiger partial charge in [-0.15, -0.1) is 0 Å². The van der Waals surface area contributed by atoms with Gasteiger partial charge in [-0.2, -0.15) is 0 Å². The first kappa shape index (κ1) is 12.2. The zero-order chi connectivity index (χ0) is 12.3. The Balaban J connectivity index is 2.34. The number of para-hydroxylation sites is 1. The second-order valence-electron chi connectivity index (χ2n) is 5.07. The number of hydrogen-bond donors (Lipinski definition) is 2. The molecule has 1 aromatic heterocycles. The summed E-state index contributed by atoms with van der Waals surface area (Å²) in [5.74, 6) is 1.26. The molecule has 92 valence electrons. The highest BCUT2D eigenvalue weighted by Gasteiger charge is 2.18. The van der Waals surface area contributed by atoms with Crippen LogP contribution in [0.15, 0.2) is 30.5 Å². The van der Waals surface area contributed by atoms with Crippen molar-refractivity contribution in [3.63, 3.8) is 0 Å². The summed E-state index contributed by atoms with van der Waals surface area (Å²) in [6, 6.07) is 8.53. The summed E-state index contributed by atoms with van der Waals surface area (Å²) in [6.45, 7) is 5.37. The molecule has 1 atom stereocenters. The van der Waals surface area contributed by atoms with Crippen molar-refractivity contribution in [3.05, 3.63) is 36.0 Å². The van der Waals surface area contributed by atoms with Crippen LogP contribution < -0.4 is 5.73 Å². The van der Waals surface area contributed by atoms with Crippen molar-refractivity contribution in [2.75, 3.05) is 6.54 Å². The average molecular weight is 230 g/mol. The van der Waals surface area contributed by atoms with E-state index in [2.05, 4.69) is 49.3 Å². The third kappa shape index (κ3) is 2.52. The smallest absolute Gasteiger partial charge is 0.0456 e. The Morgan fingerprint density at radius 3 is 2.71 bits per heavy atom. The van der Waals surface area contributed by atoms with E-state index >= 15 is 0 Å². The predicted molar refractivity (Wildman–Crippen MR) is 74.2 cm³/mol. The lowest BCUT2D eigenvalue weighted by Crippen LogP contribution is -2.09. The van der Waals surface area contributed by atoms with Gasteiger partial charge in [0, 0.05) is 17.1 Å². The van der Waals surface area contributed by atoms with Crippen molar-refractivity contribution < 1.29 is 0 Å². The molecule has 0 aliphatic rings. The molecule has 0 saturated carbocycles. The molecule has 0 fully saturated rings. The number of aromatic amines is 1. The quantitative estimate of drug-likeness (QED) is 0.809. The van der Waals surface area contributed by atoms with Crippen molar-refractivity contribution in [3.8, 4) is 0 Å². The molecule has 2 heteroatoms. The van der Waals surface area contributed by atoms with E-state index < -0.39 is 0 Å². The Morgan fingerprint density at radius 1 is 1.24 bits per heavy atom. The highest BCUT2D eigenvalue weighted by atomic mass is 14.7. The molecule has 0 amide bonds. The van der Waals surface area contributed by atoms with Crippen molar-refractivity contribution in [2.45, 2.75) is 32.6 Å². The molecule has 2 rings (SSSR count). The fourth-order valence-corrected chi connectivity index (χ4v) is 2.59. The van der Waals surface area contributed by atoms with Gasteiger partial charge in [0.2, 0.25) is 0 Å². The first-order chi connectivity index (χ1) is 8.24. The van der Waals surface area contributed by atoms with Crippen LogP contribution in [0.3, 0.4) is 0 Å². The molecule has 0 spiro atoms. The molecule has 17 heavy (non-hydrogen) atoms. The number of hydrogen-bond acceptors (Lipinski definition) is 1. The zero-order valence-electron chi connectivity index (χ0n) is 10.7. The van der Waals surface area contributed by atoms with Crippen LogP contribution in [0.4, 0.5) is 0 Å². The molecule has 1 aromatic carbocycles. The van der Waals surface area contributed by atoms with Gasteiger partial charge in [-0.25, -0.2) is 0 Å². The van der Waals surface area contributed by atoms with E-state index in [0.29, 0.717) is 11.8 Å². The highest BCUT2D eigenvalue weighted by Crippen LogP contribution is 2.33. The summed E-state index contributed by atoms with van der Waals surface area (Å²) >= 11 is 0. The topological polar surface area (TPSA) is 41.8 Å². The molecule has 1 unspecified atom stereocenters. The monoisotopic (exact) mass is 230 g/mol. The zero-order valence-corrected chi connectivity index (χ0v) is 10.7. The molecule has 0 aliphatic carbocycles. The van der Waals surface area contributed by atoms with E-state index in [-0.39, 0.29) is 0 Å². The minimum absolute atomic E-state index is 0.606. The minimum atomic E-state index is 0.606. The van der Waals surface area contributed by atoms with Crippen molar-refractivity contribution in [1.82, 2.24) is 4.98 Å². The van der Waals surface area contributed by atoms with Gasteiger partial charge >= 0.3 is 0 Å². The van der Waals surface area contributed by atoms with Gasteiger partial charge < -0.3 is 10.7 Å². The Kier molecular flexibility index (Phi) is 3.85. The third-order valence-corrected chi connectivity index (χ3v) is 3.54. The Labute approximate surface area is 103 Å². The number of H-pyrrole nitrogens is 1. The summed E-state index contributed by atoms with van der Waals surface area (Å²) in [4.78, 5) is 3.37. The molecule has 3 N–H and O–H groups in total. The Bertz CT molecular complexity index is 470. The number of rotatable bonds is 5. The molecule has 0 aliphatic heterocycles. The second kappa shape index (κ2) is 5.37. The van der Waals surface area contributed by atoms with Crippen molar-refractivity contribution in [1.29, 1.82) is 0 Å². The van der Waals surface area contributed by atoms with Crippen molar-refractivity contribution in [2.24, 2.45) is 11.7 Å². The predicted octanol–water partition coefficient (Wildman–Crippen LogP) is 3.65. The maximum atomic E-state index is 5.64.